The lowest BCUT2D eigenvalue weighted by Crippen LogP contribution is -2.13. The van der Waals surface area contributed by atoms with Gasteiger partial charge in [-0.15, -0.1) is 11.3 Å². The predicted molar refractivity (Wildman–Crippen MR) is 105 cm³/mol. The van der Waals surface area contributed by atoms with E-state index in [4.69, 9.17) is 32.7 Å². The van der Waals surface area contributed by atoms with E-state index in [1.54, 1.807) is 29.6 Å². The van der Waals surface area contributed by atoms with Gasteiger partial charge in [-0.3, -0.25) is 4.79 Å². The van der Waals surface area contributed by atoms with Crippen molar-refractivity contribution in [3.63, 3.8) is 0 Å². The molecule has 0 aliphatic carbocycles. The fourth-order valence-corrected chi connectivity index (χ4v) is 3.41. The number of carbonyl (C=O) groups excluding carboxylic acids is 1. The molecule has 0 fully saturated rings. The van der Waals surface area contributed by atoms with Crippen molar-refractivity contribution in [2.75, 3.05) is 19.5 Å². The van der Waals surface area contributed by atoms with Gasteiger partial charge in [-0.25, -0.2) is 4.98 Å². The molecule has 3 aromatic rings. The zero-order valence-corrected chi connectivity index (χ0v) is 16.2. The quantitative estimate of drug-likeness (QED) is 0.614. The summed E-state index contributed by atoms with van der Waals surface area (Å²) in [5.41, 5.74) is 1.64. The number of halogens is 2. The second kappa shape index (κ2) is 7.95. The topological polar surface area (TPSA) is 60.5 Å². The zero-order valence-electron chi connectivity index (χ0n) is 13.9. The first-order chi connectivity index (χ1) is 12.5. The third kappa shape index (κ3) is 3.93. The number of aromatic nitrogens is 1. The van der Waals surface area contributed by atoms with E-state index in [1.807, 2.05) is 12.1 Å². The van der Waals surface area contributed by atoms with Gasteiger partial charge in [-0.1, -0.05) is 35.3 Å². The maximum atomic E-state index is 12.5. The standard InChI is InChI=1S/C18H14Cl2N2O3S/c1-24-15-8-13(16(25-2)7-12(15)20)21-17(23)14-9-26-18(22-14)10-3-5-11(19)6-4-10/h3-9H,1-2H3,(H,21,23). The Labute approximate surface area is 164 Å². The highest BCUT2D eigenvalue weighted by Crippen LogP contribution is 2.36. The van der Waals surface area contributed by atoms with E-state index in [-0.39, 0.29) is 5.91 Å². The minimum Gasteiger partial charge on any atom is -0.495 e. The van der Waals surface area contributed by atoms with Gasteiger partial charge in [0.05, 0.1) is 24.9 Å². The van der Waals surface area contributed by atoms with E-state index in [0.717, 1.165) is 10.6 Å². The molecule has 26 heavy (non-hydrogen) atoms. The summed E-state index contributed by atoms with van der Waals surface area (Å²) in [5.74, 6) is 0.504. The van der Waals surface area contributed by atoms with Crippen molar-refractivity contribution in [1.29, 1.82) is 0 Å². The average molecular weight is 409 g/mol. The highest BCUT2D eigenvalue weighted by Gasteiger charge is 2.16. The summed E-state index contributed by atoms with van der Waals surface area (Å²) in [4.78, 5) is 16.9. The smallest absolute Gasteiger partial charge is 0.275 e. The van der Waals surface area contributed by atoms with Crippen LogP contribution < -0.4 is 14.8 Å². The number of nitrogens with zero attached hydrogens (tertiary/aromatic N) is 1. The van der Waals surface area contributed by atoms with Crippen molar-refractivity contribution in [2.24, 2.45) is 0 Å². The number of thiazole rings is 1. The molecule has 1 N–H and O–H groups in total. The molecular weight excluding hydrogens is 395 g/mol. The summed E-state index contributed by atoms with van der Waals surface area (Å²) in [6, 6.07) is 10.5. The monoisotopic (exact) mass is 408 g/mol. The molecule has 134 valence electrons. The van der Waals surface area contributed by atoms with E-state index in [0.29, 0.717) is 32.9 Å². The first-order valence-electron chi connectivity index (χ1n) is 7.46. The SMILES string of the molecule is COc1cc(NC(=O)c2csc(-c3ccc(Cl)cc3)n2)c(OC)cc1Cl. The molecule has 0 saturated carbocycles. The molecular formula is C18H14Cl2N2O3S. The van der Waals surface area contributed by atoms with Crippen molar-refractivity contribution in [3.05, 3.63) is 57.5 Å². The number of carbonyl (C=O) groups is 1. The van der Waals surface area contributed by atoms with Crippen LogP contribution >= 0.6 is 34.5 Å². The van der Waals surface area contributed by atoms with Gasteiger partial charge < -0.3 is 14.8 Å². The normalized spacial score (nSPS) is 10.5. The van der Waals surface area contributed by atoms with Gasteiger partial charge >= 0.3 is 0 Å². The molecule has 8 heteroatoms. The van der Waals surface area contributed by atoms with Crippen molar-refractivity contribution in [3.8, 4) is 22.1 Å². The van der Waals surface area contributed by atoms with Crippen molar-refractivity contribution < 1.29 is 14.3 Å². The Hall–Kier alpha value is -2.28. The number of rotatable bonds is 5. The number of amides is 1. The number of anilines is 1. The van der Waals surface area contributed by atoms with Gasteiger partial charge in [-0.05, 0) is 12.1 Å². The lowest BCUT2D eigenvalue weighted by molar-refractivity contribution is 0.102. The molecule has 1 aromatic heterocycles. The number of hydrogen-bond donors (Lipinski definition) is 1. The molecule has 3 rings (SSSR count). The van der Waals surface area contributed by atoms with Gasteiger partial charge in [0.15, 0.2) is 0 Å². The van der Waals surface area contributed by atoms with Gasteiger partial charge in [0, 0.05) is 28.1 Å². The second-order valence-electron chi connectivity index (χ2n) is 5.19. The first kappa shape index (κ1) is 18.5. The Kier molecular flexibility index (Phi) is 5.66. The van der Waals surface area contributed by atoms with Crippen LogP contribution in [0.15, 0.2) is 41.8 Å². The Bertz CT molecular complexity index is 942. The third-order valence-corrected chi connectivity index (χ3v) is 4.99. The van der Waals surface area contributed by atoms with Crippen LogP contribution in [0.5, 0.6) is 11.5 Å². The van der Waals surface area contributed by atoms with Crippen LogP contribution in [0.4, 0.5) is 5.69 Å². The molecule has 2 aromatic carbocycles. The van der Waals surface area contributed by atoms with E-state index in [1.165, 1.54) is 25.6 Å². The fourth-order valence-electron chi connectivity index (χ4n) is 2.25. The molecule has 0 spiro atoms. The van der Waals surface area contributed by atoms with Crippen LogP contribution in [-0.4, -0.2) is 25.1 Å². The minimum absolute atomic E-state index is 0.302. The summed E-state index contributed by atoms with van der Waals surface area (Å²) in [6.45, 7) is 0. The van der Waals surface area contributed by atoms with Gasteiger partial charge in [0.25, 0.3) is 5.91 Å². The number of hydrogen-bond acceptors (Lipinski definition) is 5. The maximum absolute atomic E-state index is 12.5. The van der Waals surface area contributed by atoms with Gasteiger partial charge in [-0.2, -0.15) is 0 Å². The Balaban J connectivity index is 1.84. The minimum atomic E-state index is -0.357. The van der Waals surface area contributed by atoms with E-state index < -0.39 is 0 Å². The third-order valence-electron chi connectivity index (χ3n) is 3.55. The summed E-state index contributed by atoms with van der Waals surface area (Å²) >= 11 is 13.4. The van der Waals surface area contributed by atoms with E-state index >= 15 is 0 Å². The lowest BCUT2D eigenvalue weighted by atomic mass is 10.2. The number of methoxy groups -OCH3 is 2. The summed E-state index contributed by atoms with van der Waals surface area (Å²) in [5, 5.41) is 6.23. The number of benzene rings is 2. The van der Waals surface area contributed by atoms with Crippen LogP contribution in [0.25, 0.3) is 10.6 Å². The van der Waals surface area contributed by atoms with Crippen LogP contribution in [-0.2, 0) is 0 Å². The molecule has 0 aliphatic heterocycles. The molecule has 1 heterocycles. The number of nitrogens with one attached hydrogen (secondary N) is 1. The lowest BCUT2D eigenvalue weighted by Gasteiger charge is -2.12. The van der Waals surface area contributed by atoms with Crippen molar-refractivity contribution in [2.45, 2.75) is 0 Å². The first-order valence-corrected chi connectivity index (χ1v) is 9.09. The highest BCUT2D eigenvalue weighted by molar-refractivity contribution is 7.13. The summed E-state index contributed by atoms with van der Waals surface area (Å²) in [6.07, 6.45) is 0. The predicted octanol–water partition coefficient (Wildman–Crippen LogP) is 5.39. The zero-order chi connectivity index (χ0) is 18.7. The summed E-state index contributed by atoms with van der Waals surface area (Å²) in [7, 11) is 2.99. The molecule has 0 saturated heterocycles. The van der Waals surface area contributed by atoms with Crippen LogP contribution in [0.2, 0.25) is 10.0 Å². The van der Waals surface area contributed by atoms with E-state index in [2.05, 4.69) is 10.3 Å². The fraction of sp³-hybridized carbons (Fsp3) is 0.111. The number of ether oxygens (including phenoxy) is 2. The average Bonchev–Trinajstić information content (AvgIpc) is 3.13. The molecule has 5 nitrogen and oxygen atoms in total. The molecule has 1 amide bonds. The molecule has 0 bridgehead atoms. The Morgan fingerprint density at radius 3 is 2.42 bits per heavy atom. The molecule has 0 radical (unpaired) electrons. The highest BCUT2D eigenvalue weighted by atomic mass is 35.5. The Morgan fingerprint density at radius 2 is 1.77 bits per heavy atom. The largest absolute Gasteiger partial charge is 0.495 e. The van der Waals surface area contributed by atoms with Crippen molar-refractivity contribution >= 4 is 46.1 Å². The molecule has 0 unspecified atom stereocenters. The van der Waals surface area contributed by atoms with E-state index in [9.17, 15) is 4.79 Å². The van der Waals surface area contributed by atoms with Gasteiger partial charge in [0.1, 0.15) is 22.2 Å². The molecule has 0 aliphatic rings. The maximum Gasteiger partial charge on any atom is 0.275 e. The van der Waals surface area contributed by atoms with Crippen molar-refractivity contribution in [1.82, 2.24) is 4.98 Å². The summed E-state index contributed by atoms with van der Waals surface area (Å²) < 4.78 is 10.4. The molecule has 0 atom stereocenters. The second-order valence-corrected chi connectivity index (χ2v) is 6.89. The van der Waals surface area contributed by atoms with Gasteiger partial charge in [0.2, 0.25) is 0 Å². The van der Waals surface area contributed by atoms with Crippen LogP contribution in [0.1, 0.15) is 10.5 Å². The van der Waals surface area contributed by atoms with Crippen LogP contribution in [0, 0.1) is 0 Å². The Morgan fingerprint density at radius 1 is 1.08 bits per heavy atom. The van der Waals surface area contributed by atoms with Crippen LogP contribution in [0.3, 0.4) is 0 Å².